The highest BCUT2D eigenvalue weighted by atomic mass is 16.5. The summed E-state index contributed by atoms with van der Waals surface area (Å²) in [7, 11) is 0. The number of ether oxygens (including phenoxy) is 1. The van der Waals surface area contributed by atoms with Gasteiger partial charge < -0.3 is 14.5 Å². The van der Waals surface area contributed by atoms with Crippen molar-refractivity contribution >= 4 is 5.88 Å². The molecule has 0 saturated carbocycles. The summed E-state index contributed by atoms with van der Waals surface area (Å²) < 4.78 is 11.3. The lowest BCUT2D eigenvalue weighted by Crippen LogP contribution is -1.99. The first-order chi connectivity index (χ1) is 12.1. The molecule has 0 radical (unpaired) electrons. The molecule has 3 rings (SSSR count). The minimum atomic E-state index is 0.171. The number of anilines is 1. The molecule has 0 fully saturated rings. The maximum absolute atomic E-state index is 9.23. The molecule has 3 aromatic rings. The molecular formula is C20H19N3O2. The molecule has 0 spiro atoms. The van der Waals surface area contributed by atoms with Crippen LogP contribution in [0.15, 0.2) is 52.9 Å². The highest BCUT2D eigenvalue weighted by Crippen LogP contribution is 2.20. The molecule has 0 amide bonds. The molecule has 5 nitrogen and oxygen atoms in total. The van der Waals surface area contributed by atoms with Crippen LogP contribution in [0, 0.1) is 25.2 Å². The monoisotopic (exact) mass is 333 g/mol. The van der Waals surface area contributed by atoms with Gasteiger partial charge in [-0.15, -0.1) is 0 Å². The molecule has 1 N–H and O–H groups in total. The lowest BCUT2D eigenvalue weighted by Gasteiger charge is -2.04. The second kappa shape index (κ2) is 7.54. The largest absolute Gasteiger partial charge is 0.484 e. The molecule has 0 bridgehead atoms. The summed E-state index contributed by atoms with van der Waals surface area (Å²) in [6.45, 7) is 4.79. The van der Waals surface area contributed by atoms with Crippen LogP contribution < -0.4 is 10.1 Å². The quantitative estimate of drug-likeness (QED) is 0.726. The van der Waals surface area contributed by atoms with E-state index >= 15 is 0 Å². The first kappa shape index (κ1) is 16.6. The Bertz CT molecular complexity index is 875. The molecule has 0 saturated heterocycles. The topological polar surface area (TPSA) is 71.1 Å². The number of hydrogen-bond donors (Lipinski definition) is 1. The fraction of sp³-hybridized carbons (Fsp3) is 0.200. The van der Waals surface area contributed by atoms with E-state index in [2.05, 4.69) is 10.3 Å². The molecule has 1 aromatic heterocycles. The molecule has 0 unspecified atom stereocenters. The predicted molar refractivity (Wildman–Crippen MR) is 95.2 cm³/mol. The van der Waals surface area contributed by atoms with Gasteiger partial charge in [0.15, 0.2) is 6.61 Å². The van der Waals surface area contributed by atoms with Crippen LogP contribution in [0.1, 0.15) is 28.3 Å². The molecular weight excluding hydrogens is 314 g/mol. The zero-order chi connectivity index (χ0) is 17.6. The van der Waals surface area contributed by atoms with Crippen molar-refractivity contribution in [1.82, 2.24) is 4.98 Å². The Morgan fingerprint density at radius 2 is 1.68 bits per heavy atom. The molecule has 0 aliphatic rings. The van der Waals surface area contributed by atoms with Crippen LogP contribution in [0.5, 0.6) is 5.75 Å². The lowest BCUT2D eigenvalue weighted by molar-refractivity contribution is 0.264. The van der Waals surface area contributed by atoms with E-state index in [1.807, 2.05) is 68.4 Å². The number of aromatic nitrogens is 1. The summed E-state index contributed by atoms with van der Waals surface area (Å²) in [6.07, 6.45) is 0. The van der Waals surface area contributed by atoms with Gasteiger partial charge in [-0.3, -0.25) is 0 Å². The first-order valence-electron chi connectivity index (χ1n) is 8.03. The van der Waals surface area contributed by atoms with Crippen LogP contribution in [0.4, 0.5) is 5.88 Å². The Kier molecular flexibility index (Phi) is 5.00. The number of nitriles is 1. The van der Waals surface area contributed by atoms with Crippen LogP contribution >= 0.6 is 0 Å². The van der Waals surface area contributed by atoms with Crippen LogP contribution in [0.25, 0.3) is 0 Å². The second-order valence-electron chi connectivity index (χ2n) is 5.84. The number of rotatable bonds is 6. The fourth-order valence-electron chi connectivity index (χ4n) is 2.29. The lowest BCUT2D eigenvalue weighted by atomic mass is 10.1. The van der Waals surface area contributed by atoms with E-state index in [4.69, 9.17) is 9.15 Å². The molecule has 1 heterocycles. The van der Waals surface area contributed by atoms with E-state index in [1.54, 1.807) is 0 Å². The van der Waals surface area contributed by atoms with Gasteiger partial charge in [-0.1, -0.05) is 47.5 Å². The predicted octanol–water partition coefficient (Wildman–Crippen LogP) is 4.35. The third kappa shape index (κ3) is 4.39. The van der Waals surface area contributed by atoms with E-state index in [9.17, 15) is 5.26 Å². The average Bonchev–Trinajstić information content (AvgIpc) is 3.03. The van der Waals surface area contributed by atoms with Gasteiger partial charge >= 0.3 is 0 Å². The SMILES string of the molecule is Cc1ccc(CNc2oc(COc3ccc(C)cc3)nc2C#N)cc1. The van der Waals surface area contributed by atoms with Gasteiger partial charge in [-0.25, -0.2) is 0 Å². The van der Waals surface area contributed by atoms with Crippen LogP contribution in [-0.2, 0) is 13.2 Å². The van der Waals surface area contributed by atoms with Gasteiger partial charge in [0, 0.05) is 6.54 Å². The van der Waals surface area contributed by atoms with Crippen molar-refractivity contribution in [2.45, 2.75) is 27.0 Å². The number of nitrogens with zero attached hydrogens (tertiary/aromatic N) is 2. The first-order valence-corrected chi connectivity index (χ1v) is 8.03. The van der Waals surface area contributed by atoms with E-state index in [0.717, 1.165) is 16.9 Å². The summed E-state index contributed by atoms with van der Waals surface area (Å²) in [5.41, 5.74) is 3.70. The summed E-state index contributed by atoms with van der Waals surface area (Å²) in [6, 6.07) is 17.9. The Labute approximate surface area is 146 Å². The van der Waals surface area contributed by atoms with Crippen LogP contribution in [0.3, 0.4) is 0 Å². The Hall–Kier alpha value is -3.26. The van der Waals surface area contributed by atoms with Crippen LogP contribution in [0.2, 0.25) is 0 Å². The molecule has 25 heavy (non-hydrogen) atoms. The maximum Gasteiger partial charge on any atom is 0.236 e. The van der Waals surface area contributed by atoms with Crippen molar-refractivity contribution in [3.05, 3.63) is 76.8 Å². The van der Waals surface area contributed by atoms with Crippen molar-refractivity contribution in [3.63, 3.8) is 0 Å². The van der Waals surface area contributed by atoms with Gasteiger partial charge in [0.2, 0.25) is 17.5 Å². The summed E-state index contributed by atoms with van der Waals surface area (Å²) in [4.78, 5) is 4.17. The minimum Gasteiger partial charge on any atom is -0.484 e. The van der Waals surface area contributed by atoms with Crippen molar-refractivity contribution in [1.29, 1.82) is 5.26 Å². The van der Waals surface area contributed by atoms with Gasteiger partial charge in [-0.05, 0) is 31.5 Å². The normalized spacial score (nSPS) is 10.3. The van der Waals surface area contributed by atoms with E-state index in [0.29, 0.717) is 18.3 Å². The van der Waals surface area contributed by atoms with E-state index in [-0.39, 0.29) is 12.3 Å². The number of oxazole rings is 1. The third-order valence-corrected chi connectivity index (χ3v) is 3.73. The maximum atomic E-state index is 9.23. The summed E-state index contributed by atoms with van der Waals surface area (Å²) >= 11 is 0. The Morgan fingerprint density at radius 1 is 1.04 bits per heavy atom. The molecule has 0 aliphatic carbocycles. The van der Waals surface area contributed by atoms with Gasteiger partial charge in [0.25, 0.3) is 0 Å². The van der Waals surface area contributed by atoms with Gasteiger partial charge in [-0.2, -0.15) is 10.2 Å². The van der Waals surface area contributed by atoms with Gasteiger partial charge in [0.1, 0.15) is 11.8 Å². The van der Waals surface area contributed by atoms with Crippen molar-refractivity contribution in [3.8, 4) is 11.8 Å². The highest BCUT2D eigenvalue weighted by Gasteiger charge is 2.13. The van der Waals surface area contributed by atoms with E-state index < -0.39 is 0 Å². The average molecular weight is 333 g/mol. The van der Waals surface area contributed by atoms with Crippen LogP contribution in [-0.4, -0.2) is 4.98 Å². The van der Waals surface area contributed by atoms with E-state index in [1.165, 1.54) is 5.56 Å². The summed E-state index contributed by atoms with van der Waals surface area (Å²) in [5.74, 6) is 1.46. The fourth-order valence-corrected chi connectivity index (χ4v) is 2.29. The standard InChI is InChI=1S/C20H19N3O2/c1-14-3-7-16(8-4-14)12-22-20-18(11-21)23-19(25-20)13-24-17-9-5-15(2)6-10-17/h3-10,22H,12-13H2,1-2H3. The van der Waals surface area contributed by atoms with Crippen molar-refractivity contribution < 1.29 is 9.15 Å². The molecule has 2 aromatic carbocycles. The second-order valence-corrected chi connectivity index (χ2v) is 5.84. The Balaban J connectivity index is 1.63. The van der Waals surface area contributed by atoms with Crippen molar-refractivity contribution in [2.75, 3.05) is 5.32 Å². The van der Waals surface area contributed by atoms with Crippen molar-refractivity contribution in [2.24, 2.45) is 0 Å². The minimum absolute atomic E-state index is 0.171. The number of aryl methyl sites for hydroxylation is 2. The number of hydrogen-bond acceptors (Lipinski definition) is 5. The number of nitrogens with one attached hydrogen (secondary N) is 1. The summed E-state index contributed by atoms with van der Waals surface area (Å²) in [5, 5.41) is 12.3. The zero-order valence-corrected chi connectivity index (χ0v) is 14.2. The van der Waals surface area contributed by atoms with Gasteiger partial charge in [0.05, 0.1) is 0 Å². The third-order valence-electron chi connectivity index (χ3n) is 3.73. The Morgan fingerprint density at radius 3 is 2.32 bits per heavy atom. The molecule has 0 atom stereocenters. The molecule has 0 aliphatic heterocycles. The zero-order valence-electron chi connectivity index (χ0n) is 14.2. The molecule has 126 valence electrons. The highest BCUT2D eigenvalue weighted by molar-refractivity contribution is 5.45. The smallest absolute Gasteiger partial charge is 0.236 e. The molecule has 5 heteroatoms. The number of benzene rings is 2.